The first-order valence-electron chi connectivity index (χ1n) is 7.72. The van der Waals surface area contributed by atoms with E-state index in [1.807, 2.05) is 32.0 Å². The van der Waals surface area contributed by atoms with Crippen molar-refractivity contribution in [3.8, 4) is 0 Å². The van der Waals surface area contributed by atoms with Crippen LogP contribution in [0.4, 0.5) is 11.4 Å². The summed E-state index contributed by atoms with van der Waals surface area (Å²) in [4.78, 5) is 12.6. The van der Waals surface area contributed by atoms with Crippen molar-refractivity contribution in [1.82, 2.24) is 0 Å². The molecule has 0 spiro atoms. The van der Waals surface area contributed by atoms with Crippen molar-refractivity contribution >= 4 is 38.9 Å². The number of benzene rings is 2. The number of anilines is 2. The van der Waals surface area contributed by atoms with Crippen LogP contribution in [0.5, 0.6) is 0 Å². The largest absolute Gasteiger partial charge is 0.324 e. The van der Waals surface area contributed by atoms with Gasteiger partial charge in [-0.3, -0.25) is 9.10 Å². The Balaban J connectivity index is 2.33. The lowest BCUT2D eigenvalue weighted by Gasteiger charge is -2.28. The summed E-state index contributed by atoms with van der Waals surface area (Å²) in [5.74, 6) is -0.421. The molecular formula is C18H21ClN2O3S. The van der Waals surface area contributed by atoms with Gasteiger partial charge in [-0.25, -0.2) is 8.42 Å². The molecule has 5 nitrogen and oxygen atoms in total. The highest BCUT2D eigenvalue weighted by atomic mass is 35.5. The van der Waals surface area contributed by atoms with Gasteiger partial charge in [-0.15, -0.1) is 0 Å². The van der Waals surface area contributed by atoms with E-state index in [9.17, 15) is 13.2 Å². The lowest BCUT2D eigenvalue weighted by Crippen LogP contribution is -2.45. The Morgan fingerprint density at radius 3 is 2.24 bits per heavy atom. The van der Waals surface area contributed by atoms with Gasteiger partial charge in [0.15, 0.2) is 0 Å². The van der Waals surface area contributed by atoms with E-state index >= 15 is 0 Å². The Bertz CT molecular complexity index is 877. The highest BCUT2D eigenvalue weighted by molar-refractivity contribution is 7.92. The number of nitrogens with zero attached hydrogens (tertiary/aromatic N) is 1. The van der Waals surface area contributed by atoms with Gasteiger partial charge < -0.3 is 5.32 Å². The molecule has 0 aromatic heterocycles. The zero-order valence-electron chi connectivity index (χ0n) is 14.6. The van der Waals surface area contributed by atoms with E-state index in [1.165, 1.54) is 6.07 Å². The fraction of sp³-hybridized carbons (Fsp3) is 0.278. The standard InChI is InChI=1S/C18H21ClN2O3S/c1-12-8-13(2)10-16(9-12)20-18(22)14(3)21(25(4,23)24)17-7-5-6-15(19)11-17/h5-11,14H,1-4H3,(H,20,22)/t14-/m0/s1. The van der Waals surface area contributed by atoms with Crippen LogP contribution in [0.1, 0.15) is 18.1 Å². The molecule has 2 aromatic rings. The average molecular weight is 381 g/mol. The van der Waals surface area contributed by atoms with Crippen molar-refractivity contribution < 1.29 is 13.2 Å². The molecule has 2 rings (SSSR count). The van der Waals surface area contributed by atoms with E-state index < -0.39 is 22.0 Å². The first kappa shape index (κ1) is 19.3. The van der Waals surface area contributed by atoms with Gasteiger partial charge >= 0.3 is 0 Å². The van der Waals surface area contributed by atoms with Crippen LogP contribution in [-0.4, -0.2) is 26.6 Å². The van der Waals surface area contributed by atoms with Gasteiger partial charge in [0.1, 0.15) is 6.04 Å². The molecule has 1 atom stereocenters. The molecule has 0 bridgehead atoms. The fourth-order valence-corrected chi connectivity index (χ4v) is 4.07. The Hall–Kier alpha value is -2.05. The van der Waals surface area contributed by atoms with Crippen LogP contribution in [0.15, 0.2) is 42.5 Å². The first-order valence-corrected chi connectivity index (χ1v) is 9.94. The van der Waals surface area contributed by atoms with E-state index in [4.69, 9.17) is 11.6 Å². The van der Waals surface area contributed by atoms with Gasteiger partial charge in [-0.1, -0.05) is 23.7 Å². The van der Waals surface area contributed by atoms with Gasteiger partial charge in [0.05, 0.1) is 11.9 Å². The first-order chi connectivity index (χ1) is 11.6. The van der Waals surface area contributed by atoms with Crippen LogP contribution >= 0.6 is 11.6 Å². The predicted molar refractivity (Wildman–Crippen MR) is 103 cm³/mol. The molecule has 0 radical (unpaired) electrons. The van der Waals surface area contributed by atoms with Crippen LogP contribution in [0, 0.1) is 13.8 Å². The minimum absolute atomic E-state index is 0.345. The summed E-state index contributed by atoms with van der Waals surface area (Å²) < 4.78 is 25.6. The highest BCUT2D eigenvalue weighted by Crippen LogP contribution is 2.25. The Labute approximate surface area is 153 Å². The van der Waals surface area contributed by atoms with E-state index in [0.717, 1.165) is 21.7 Å². The zero-order chi connectivity index (χ0) is 18.8. The average Bonchev–Trinajstić information content (AvgIpc) is 2.44. The molecule has 0 saturated heterocycles. The number of halogens is 1. The van der Waals surface area contributed by atoms with Gasteiger partial charge in [0.25, 0.3) is 0 Å². The highest BCUT2D eigenvalue weighted by Gasteiger charge is 2.29. The number of amides is 1. The van der Waals surface area contributed by atoms with Gasteiger partial charge in [0, 0.05) is 10.7 Å². The molecule has 0 aliphatic rings. The topological polar surface area (TPSA) is 66.5 Å². The monoisotopic (exact) mass is 380 g/mol. The molecule has 0 saturated carbocycles. The van der Waals surface area contributed by atoms with Crippen LogP contribution in [0.2, 0.25) is 5.02 Å². The smallest absolute Gasteiger partial charge is 0.247 e. The maximum Gasteiger partial charge on any atom is 0.247 e. The summed E-state index contributed by atoms with van der Waals surface area (Å²) in [5, 5.41) is 3.18. The second-order valence-corrected chi connectivity index (χ2v) is 8.38. The number of nitrogens with one attached hydrogen (secondary N) is 1. The molecule has 1 N–H and O–H groups in total. The Morgan fingerprint density at radius 2 is 1.72 bits per heavy atom. The number of aryl methyl sites for hydroxylation is 2. The molecule has 134 valence electrons. The van der Waals surface area contributed by atoms with Gasteiger partial charge in [-0.05, 0) is 62.2 Å². The molecular weight excluding hydrogens is 360 g/mol. The number of hydrogen-bond donors (Lipinski definition) is 1. The van der Waals surface area contributed by atoms with Crippen LogP contribution in [0.3, 0.4) is 0 Å². The predicted octanol–water partition coefficient (Wildman–Crippen LogP) is 3.75. The summed E-state index contributed by atoms with van der Waals surface area (Å²) in [5.41, 5.74) is 3.00. The third-order valence-corrected chi connectivity index (χ3v) is 5.12. The summed E-state index contributed by atoms with van der Waals surface area (Å²) in [6, 6.07) is 11.1. The molecule has 25 heavy (non-hydrogen) atoms. The SMILES string of the molecule is Cc1cc(C)cc(NC(=O)[C@H](C)N(c2cccc(Cl)c2)S(C)(=O)=O)c1. The fourth-order valence-electron chi connectivity index (χ4n) is 2.72. The van der Waals surface area contributed by atoms with Crippen molar-refractivity contribution in [2.24, 2.45) is 0 Å². The van der Waals surface area contributed by atoms with Crippen LogP contribution < -0.4 is 9.62 Å². The Kier molecular flexibility index (Phi) is 5.75. The molecule has 0 aliphatic heterocycles. The van der Waals surface area contributed by atoms with Crippen molar-refractivity contribution in [3.63, 3.8) is 0 Å². The third kappa shape index (κ3) is 4.96. The second kappa shape index (κ2) is 7.45. The zero-order valence-corrected chi connectivity index (χ0v) is 16.1. The lowest BCUT2D eigenvalue weighted by molar-refractivity contribution is -0.116. The van der Waals surface area contributed by atoms with Crippen LogP contribution in [0.25, 0.3) is 0 Å². The maximum atomic E-state index is 12.6. The van der Waals surface area contributed by atoms with Crippen molar-refractivity contribution in [2.45, 2.75) is 26.8 Å². The van der Waals surface area contributed by atoms with Gasteiger partial charge in [-0.2, -0.15) is 0 Å². The third-order valence-electron chi connectivity index (χ3n) is 3.64. The van der Waals surface area contributed by atoms with Gasteiger partial charge in [0.2, 0.25) is 15.9 Å². The summed E-state index contributed by atoms with van der Waals surface area (Å²) in [6.07, 6.45) is 1.06. The molecule has 2 aromatic carbocycles. The molecule has 7 heteroatoms. The van der Waals surface area contributed by atoms with E-state index in [2.05, 4.69) is 5.32 Å². The maximum absolute atomic E-state index is 12.6. The molecule has 0 heterocycles. The van der Waals surface area contributed by atoms with E-state index in [0.29, 0.717) is 16.4 Å². The number of rotatable bonds is 5. The minimum Gasteiger partial charge on any atom is -0.324 e. The Morgan fingerprint density at radius 1 is 1.12 bits per heavy atom. The number of carbonyl (C=O) groups is 1. The van der Waals surface area contributed by atoms with Crippen molar-refractivity contribution in [2.75, 3.05) is 15.9 Å². The molecule has 1 amide bonds. The summed E-state index contributed by atoms with van der Waals surface area (Å²) in [7, 11) is -3.67. The number of carbonyl (C=O) groups excluding carboxylic acids is 1. The minimum atomic E-state index is -3.67. The lowest BCUT2D eigenvalue weighted by atomic mass is 10.1. The summed E-state index contributed by atoms with van der Waals surface area (Å²) in [6.45, 7) is 5.40. The molecule has 0 unspecified atom stereocenters. The number of hydrogen-bond acceptors (Lipinski definition) is 3. The van der Waals surface area contributed by atoms with E-state index in [-0.39, 0.29) is 0 Å². The number of sulfonamides is 1. The van der Waals surface area contributed by atoms with Crippen molar-refractivity contribution in [1.29, 1.82) is 0 Å². The van der Waals surface area contributed by atoms with Crippen molar-refractivity contribution in [3.05, 3.63) is 58.6 Å². The summed E-state index contributed by atoms with van der Waals surface area (Å²) >= 11 is 5.97. The van der Waals surface area contributed by atoms with Crippen LogP contribution in [-0.2, 0) is 14.8 Å². The normalized spacial score (nSPS) is 12.5. The second-order valence-electron chi connectivity index (χ2n) is 6.08. The van der Waals surface area contributed by atoms with E-state index in [1.54, 1.807) is 25.1 Å². The molecule has 0 aliphatic carbocycles. The molecule has 0 fully saturated rings. The quantitative estimate of drug-likeness (QED) is 0.858.